The highest BCUT2D eigenvalue weighted by atomic mass is 14.3. The Morgan fingerprint density at radius 1 is 0.435 bits per heavy atom. The van der Waals surface area contributed by atoms with Crippen LogP contribution in [-0.2, 0) is 0 Å². The van der Waals surface area contributed by atoms with Crippen molar-refractivity contribution < 1.29 is 0 Å². The molecule has 23 heavy (non-hydrogen) atoms. The molecule has 3 aliphatic rings. The van der Waals surface area contributed by atoms with E-state index in [1.54, 1.807) is 19.3 Å². The minimum atomic E-state index is 1.01. The molecule has 0 N–H and O–H groups in total. The average molecular weight is 317 g/mol. The highest BCUT2D eigenvalue weighted by Crippen LogP contribution is 2.38. The van der Waals surface area contributed by atoms with Crippen molar-refractivity contribution in [1.29, 1.82) is 0 Å². The van der Waals surface area contributed by atoms with E-state index in [0.29, 0.717) is 0 Å². The first-order valence-corrected chi connectivity index (χ1v) is 11.0. The molecular formula is C23H40. The van der Waals surface area contributed by atoms with Gasteiger partial charge in [-0.15, -0.1) is 0 Å². The van der Waals surface area contributed by atoms with Gasteiger partial charge in [-0.25, -0.2) is 0 Å². The van der Waals surface area contributed by atoms with Crippen LogP contribution in [0.4, 0.5) is 0 Å². The van der Waals surface area contributed by atoms with Gasteiger partial charge < -0.3 is 0 Å². The minimum Gasteiger partial charge on any atom is -0.0883 e. The van der Waals surface area contributed by atoms with Crippen LogP contribution in [0.3, 0.4) is 0 Å². The number of hydrogen-bond acceptors (Lipinski definition) is 0. The molecule has 3 rings (SSSR count). The van der Waals surface area contributed by atoms with E-state index >= 15 is 0 Å². The fourth-order valence-corrected chi connectivity index (χ4v) is 5.60. The summed E-state index contributed by atoms with van der Waals surface area (Å²) in [6, 6.07) is 0. The third kappa shape index (κ3) is 6.28. The Balaban J connectivity index is 1.26. The van der Waals surface area contributed by atoms with Crippen LogP contribution < -0.4 is 0 Å². The van der Waals surface area contributed by atoms with Crippen LogP contribution in [0.5, 0.6) is 0 Å². The van der Waals surface area contributed by atoms with E-state index in [2.05, 4.69) is 12.2 Å². The molecule has 0 bridgehead atoms. The maximum Gasteiger partial charge on any atom is -0.0322 e. The van der Waals surface area contributed by atoms with Gasteiger partial charge in [0.25, 0.3) is 0 Å². The van der Waals surface area contributed by atoms with Gasteiger partial charge in [-0.3, -0.25) is 0 Å². The van der Waals surface area contributed by atoms with Gasteiger partial charge in [0.05, 0.1) is 0 Å². The summed E-state index contributed by atoms with van der Waals surface area (Å²) in [5.41, 5.74) is 0. The summed E-state index contributed by atoms with van der Waals surface area (Å²) >= 11 is 0. The molecule has 0 heterocycles. The monoisotopic (exact) mass is 316 g/mol. The normalized spacial score (nSPS) is 31.7. The smallest absolute Gasteiger partial charge is 0.0322 e. The van der Waals surface area contributed by atoms with E-state index in [9.17, 15) is 0 Å². The van der Waals surface area contributed by atoms with Crippen molar-refractivity contribution in [3.05, 3.63) is 12.2 Å². The molecule has 0 aromatic heterocycles. The lowest BCUT2D eigenvalue weighted by Gasteiger charge is -2.32. The Morgan fingerprint density at radius 3 is 1.39 bits per heavy atom. The van der Waals surface area contributed by atoms with Crippen LogP contribution in [0.2, 0.25) is 0 Å². The number of rotatable bonds is 6. The lowest BCUT2D eigenvalue weighted by atomic mass is 9.74. The van der Waals surface area contributed by atoms with Gasteiger partial charge in [-0.2, -0.15) is 0 Å². The molecule has 0 heteroatoms. The Labute approximate surface area is 145 Å². The van der Waals surface area contributed by atoms with Gasteiger partial charge in [0.2, 0.25) is 0 Å². The maximum atomic E-state index is 2.54. The summed E-state index contributed by atoms with van der Waals surface area (Å²) in [5, 5.41) is 0. The van der Waals surface area contributed by atoms with Crippen molar-refractivity contribution in [3.8, 4) is 0 Å². The molecule has 0 aliphatic heterocycles. The van der Waals surface area contributed by atoms with Crippen LogP contribution in [0.25, 0.3) is 0 Å². The molecule has 3 fully saturated rings. The first kappa shape index (κ1) is 17.6. The summed E-state index contributed by atoms with van der Waals surface area (Å²) in [7, 11) is 0. The van der Waals surface area contributed by atoms with Crippen LogP contribution in [0, 0.1) is 23.7 Å². The molecule has 0 aromatic carbocycles. The fourth-order valence-electron chi connectivity index (χ4n) is 5.60. The second-order valence-electron chi connectivity index (χ2n) is 9.07. The fraction of sp³-hybridized carbons (Fsp3) is 0.913. The zero-order chi connectivity index (χ0) is 15.7. The van der Waals surface area contributed by atoms with Gasteiger partial charge in [-0.05, 0) is 55.8 Å². The van der Waals surface area contributed by atoms with E-state index in [4.69, 9.17) is 0 Å². The average Bonchev–Trinajstić information content (AvgIpc) is 2.62. The predicted octanol–water partition coefficient (Wildman–Crippen LogP) is 7.68. The molecule has 3 saturated carbocycles. The maximum absolute atomic E-state index is 2.54. The molecule has 0 saturated heterocycles. The molecular weight excluding hydrogens is 276 g/mol. The zero-order valence-corrected chi connectivity index (χ0v) is 15.5. The van der Waals surface area contributed by atoms with E-state index in [0.717, 1.165) is 23.7 Å². The highest BCUT2D eigenvalue weighted by Gasteiger charge is 2.24. The van der Waals surface area contributed by atoms with Crippen LogP contribution in [0.15, 0.2) is 12.2 Å². The Morgan fingerprint density at radius 2 is 0.826 bits per heavy atom. The Kier molecular flexibility index (Phi) is 7.56. The van der Waals surface area contributed by atoms with E-state index in [1.165, 1.54) is 89.9 Å². The first-order chi connectivity index (χ1) is 11.4. The first-order valence-electron chi connectivity index (χ1n) is 11.0. The van der Waals surface area contributed by atoms with Gasteiger partial charge in [0, 0.05) is 0 Å². The van der Waals surface area contributed by atoms with Crippen molar-refractivity contribution in [2.75, 3.05) is 0 Å². The molecule has 132 valence electrons. The molecule has 0 nitrogen and oxygen atoms in total. The minimum absolute atomic E-state index is 1.01. The standard InChI is InChI=1S/C23H40/c1-3-9-20(10-4-1)11-7-8-12-21-15-17-23(18-16-21)19-22-13-5-2-6-14-22/h7-8,20-23H,1-6,9-19H2/b8-7-. The summed E-state index contributed by atoms with van der Waals surface area (Å²) in [6.07, 6.45) is 30.6. The number of allylic oxidation sites excluding steroid dienone is 2. The second-order valence-corrected chi connectivity index (χ2v) is 9.07. The van der Waals surface area contributed by atoms with Crippen molar-refractivity contribution in [3.63, 3.8) is 0 Å². The SMILES string of the molecule is C(=C/CC1CCC(CC2CCCCC2)CC1)/CC1CCCCC1. The van der Waals surface area contributed by atoms with Gasteiger partial charge in [0.15, 0.2) is 0 Å². The largest absolute Gasteiger partial charge is 0.0883 e. The summed E-state index contributed by atoms with van der Waals surface area (Å²) < 4.78 is 0. The summed E-state index contributed by atoms with van der Waals surface area (Å²) in [4.78, 5) is 0. The van der Waals surface area contributed by atoms with Crippen molar-refractivity contribution >= 4 is 0 Å². The second kappa shape index (κ2) is 9.90. The molecule has 3 aliphatic carbocycles. The third-order valence-corrected chi connectivity index (χ3v) is 7.19. The lowest BCUT2D eigenvalue weighted by Crippen LogP contribution is -2.18. The van der Waals surface area contributed by atoms with Crippen LogP contribution in [0.1, 0.15) is 109 Å². The molecule has 0 radical (unpaired) electrons. The molecule has 0 atom stereocenters. The zero-order valence-electron chi connectivity index (χ0n) is 15.5. The molecule has 0 spiro atoms. The van der Waals surface area contributed by atoms with Gasteiger partial charge in [0.1, 0.15) is 0 Å². The summed E-state index contributed by atoms with van der Waals surface area (Å²) in [5.74, 6) is 4.22. The Hall–Kier alpha value is -0.260. The predicted molar refractivity (Wildman–Crippen MR) is 102 cm³/mol. The molecule has 0 unspecified atom stereocenters. The highest BCUT2D eigenvalue weighted by molar-refractivity contribution is 4.88. The van der Waals surface area contributed by atoms with Crippen molar-refractivity contribution in [2.24, 2.45) is 23.7 Å². The molecule has 0 aromatic rings. The number of hydrogen-bond donors (Lipinski definition) is 0. The third-order valence-electron chi connectivity index (χ3n) is 7.19. The molecule has 0 amide bonds. The van der Waals surface area contributed by atoms with Gasteiger partial charge in [-0.1, -0.05) is 89.2 Å². The lowest BCUT2D eigenvalue weighted by molar-refractivity contribution is 0.212. The van der Waals surface area contributed by atoms with Crippen LogP contribution in [-0.4, -0.2) is 0 Å². The topological polar surface area (TPSA) is 0 Å². The van der Waals surface area contributed by atoms with E-state index in [1.807, 2.05) is 0 Å². The summed E-state index contributed by atoms with van der Waals surface area (Å²) in [6.45, 7) is 0. The van der Waals surface area contributed by atoms with Crippen molar-refractivity contribution in [1.82, 2.24) is 0 Å². The van der Waals surface area contributed by atoms with E-state index < -0.39 is 0 Å². The quantitative estimate of drug-likeness (QED) is 0.441. The van der Waals surface area contributed by atoms with E-state index in [-0.39, 0.29) is 0 Å². The van der Waals surface area contributed by atoms with Gasteiger partial charge >= 0.3 is 0 Å². The Bertz CT molecular complexity index is 322. The van der Waals surface area contributed by atoms with Crippen LogP contribution >= 0.6 is 0 Å². The van der Waals surface area contributed by atoms with Crippen molar-refractivity contribution in [2.45, 2.75) is 109 Å².